The summed E-state index contributed by atoms with van der Waals surface area (Å²) in [6.07, 6.45) is 2.79. The zero-order valence-corrected chi connectivity index (χ0v) is 16.1. The summed E-state index contributed by atoms with van der Waals surface area (Å²) in [6, 6.07) is 12.2. The average molecular weight is 378 g/mol. The minimum atomic E-state index is -0.232. The number of hydrogen-bond acceptors (Lipinski definition) is 5. The number of nitrogens with zero attached hydrogens (tertiary/aromatic N) is 1. The first-order valence-electron chi connectivity index (χ1n) is 9.02. The van der Waals surface area contributed by atoms with Gasteiger partial charge in [0.1, 0.15) is 5.69 Å². The Hall–Kier alpha value is -3.41. The van der Waals surface area contributed by atoms with E-state index in [0.717, 1.165) is 11.8 Å². The number of pyridine rings is 1. The molecule has 1 amide bonds. The van der Waals surface area contributed by atoms with Crippen LogP contribution in [-0.2, 0) is 4.79 Å². The number of anilines is 1. The third-order valence-corrected chi connectivity index (χ3v) is 4.37. The van der Waals surface area contributed by atoms with Crippen LogP contribution in [0.4, 0.5) is 5.69 Å². The van der Waals surface area contributed by atoms with E-state index in [1.165, 1.54) is 0 Å². The fraction of sp³-hybridized carbons (Fsp3) is 0.227. The van der Waals surface area contributed by atoms with Gasteiger partial charge in [0, 0.05) is 29.3 Å². The number of ether oxygens (including phenoxy) is 2. The van der Waals surface area contributed by atoms with E-state index < -0.39 is 0 Å². The normalized spacial score (nSPS) is 10.5. The lowest BCUT2D eigenvalue weighted by molar-refractivity contribution is -0.116. The Morgan fingerprint density at radius 1 is 1.04 bits per heavy atom. The Morgan fingerprint density at radius 3 is 2.50 bits per heavy atom. The van der Waals surface area contributed by atoms with Crippen molar-refractivity contribution in [3.63, 3.8) is 0 Å². The van der Waals surface area contributed by atoms with E-state index in [9.17, 15) is 9.59 Å². The van der Waals surface area contributed by atoms with Crippen molar-refractivity contribution in [1.82, 2.24) is 4.98 Å². The quantitative estimate of drug-likeness (QED) is 0.623. The van der Waals surface area contributed by atoms with Crippen LogP contribution in [0, 0.1) is 0 Å². The Bertz CT molecular complexity index is 1030. The summed E-state index contributed by atoms with van der Waals surface area (Å²) in [5.41, 5.74) is 1.35. The fourth-order valence-corrected chi connectivity index (χ4v) is 3.01. The molecule has 1 aromatic heterocycles. The molecule has 0 atom stereocenters. The second kappa shape index (κ2) is 8.52. The van der Waals surface area contributed by atoms with E-state index >= 15 is 0 Å². The molecule has 0 unspecified atom stereocenters. The van der Waals surface area contributed by atoms with Gasteiger partial charge in [-0.15, -0.1) is 0 Å². The van der Waals surface area contributed by atoms with Gasteiger partial charge in [0.05, 0.1) is 14.2 Å². The number of fused-ring (bicyclic) bond motifs is 1. The summed E-state index contributed by atoms with van der Waals surface area (Å²) in [7, 11) is 3.11. The smallest absolute Gasteiger partial charge is 0.224 e. The molecule has 0 spiro atoms. The monoisotopic (exact) mass is 378 g/mol. The molecule has 2 aromatic carbocycles. The van der Waals surface area contributed by atoms with Crippen LogP contribution >= 0.6 is 0 Å². The largest absolute Gasteiger partial charge is 0.493 e. The highest BCUT2D eigenvalue weighted by Gasteiger charge is 2.17. The highest BCUT2D eigenvalue weighted by atomic mass is 16.5. The molecule has 0 aliphatic carbocycles. The van der Waals surface area contributed by atoms with E-state index in [0.29, 0.717) is 40.3 Å². The topological polar surface area (TPSA) is 77.5 Å². The van der Waals surface area contributed by atoms with Crippen molar-refractivity contribution in [3.8, 4) is 11.5 Å². The lowest BCUT2D eigenvalue weighted by atomic mass is 10.0. The van der Waals surface area contributed by atoms with Gasteiger partial charge in [-0.05, 0) is 42.1 Å². The molecule has 0 aliphatic heterocycles. The van der Waals surface area contributed by atoms with Crippen molar-refractivity contribution < 1.29 is 19.1 Å². The molecule has 0 radical (unpaired) electrons. The van der Waals surface area contributed by atoms with Crippen LogP contribution in [0.3, 0.4) is 0 Å². The van der Waals surface area contributed by atoms with Crippen LogP contribution < -0.4 is 14.8 Å². The van der Waals surface area contributed by atoms with E-state index in [1.54, 1.807) is 50.7 Å². The molecule has 0 bridgehead atoms. The molecule has 6 heteroatoms. The lowest BCUT2D eigenvalue weighted by Crippen LogP contribution is -2.11. The number of ketones is 1. The maximum absolute atomic E-state index is 13.1. The number of hydrogen-bond donors (Lipinski definition) is 1. The van der Waals surface area contributed by atoms with Crippen LogP contribution in [0.15, 0.2) is 48.7 Å². The number of rotatable bonds is 7. The second-order valence-corrected chi connectivity index (χ2v) is 6.30. The van der Waals surface area contributed by atoms with E-state index in [4.69, 9.17) is 9.47 Å². The summed E-state index contributed by atoms with van der Waals surface area (Å²) >= 11 is 0. The number of benzene rings is 2. The SMILES string of the molecule is CCCC(=O)Nc1cccc(C(=O)c2nccc3cc(OC)c(OC)cc23)c1. The predicted octanol–water partition coefficient (Wildman–Crippen LogP) is 4.22. The molecule has 28 heavy (non-hydrogen) atoms. The molecule has 3 rings (SSSR count). The van der Waals surface area contributed by atoms with Crippen molar-refractivity contribution in [2.24, 2.45) is 0 Å². The Kier molecular flexibility index (Phi) is 5.89. The molecule has 3 aromatic rings. The molecule has 144 valence electrons. The lowest BCUT2D eigenvalue weighted by Gasteiger charge is -2.11. The van der Waals surface area contributed by atoms with Crippen molar-refractivity contribution in [3.05, 3.63) is 59.9 Å². The zero-order chi connectivity index (χ0) is 20.1. The Labute approximate surface area is 163 Å². The first kappa shape index (κ1) is 19.4. The third kappa shape index (κ3) is 3.96. The van der Waals surface area contributed by atoms with Gasteiger partial charge in [-0.2, -0.15) is 0 Å². The van der Waals surface area contributed by atoms with Crippen LogP contribution in [0.2, 0.25) is 0 Å². The Morgan fingerprint density at radius 2 is 1.79 bits per heavy atom. The van der Waals surface area contributed by atoms with Gasteiger partial charge in [0.15, 0.2) is 11.5 Å². The van der Waals surface area contributed by atoms with Crippen LogP contribution in [0.5, 0.6) is 11.5 Å². The molecule has 1 N–H and O–H groups in total. The molecular weight excluding hydrogens is 356 g/mol. The summed E-state index contributed by atoms with van der Waals surface area (Å²) in [5, 5.41) is 4.31. The molecule has 6 nitrogen and oxygen atoms in total. The van der Waals surface area contributed by atoms with Gasteiger partial charge in [-0.3, -0.25) is 14.6 Å². The standard InChI is InChI=1S/C22H22N2O4/c1-4-6-20(25)24-16-8-5-7-15(11-16)22(26)21-17-13-19(28-3)18(27-2)12-14(17)9-10-23-21/h5,7-13H,4,6H2,1-3H3,(H,24,25). The molecule has 0 aliphatic rings. The van der Waals surface area contributed by atoms with Gasteiger partial charge < -0.3 is 14.8 Å². The summed E-state index contributed by atoms with van der Waals surface area (Å²) < 4.78 is 10.7. The molecule has 0 saturated heterocycles. The van der Waals surface area contributed by atoms with Gasteiger partial charge in [-0.25, -0.2) is 0 Å². The van der Waals surface area contributed by atoms with Crippen molar-refractivity contribution in [1.29, 1.82) is 0 Å². The van der Waals surface area contributed by atoms with Crippen molar-refractivity contribution in [2.45, 2.75) is 19.8 Å². The van der Waals surface area contributed by atoms with Crippen molar-refractivity contribution in [2.75, 3.05) is 19.5 Å². The minimum absolute atomic E-state index is 0.0767. The number of nitrogens with one attached hydrogen (secondary N) is 1. The third-order valence-electron chi connectivity index (χ3n) is 4.37. The first-order chi connectivity index (χ1) is 13.6. The Balaban J connectivity index is 2.01. The highest BCUT2D eigenvalue weighted by molar-refractivity contribution is 6.15. The first-order valence-corrected chi connectivity index (χ1v) is 9.02. The maximum Gasteiger partial charge on any atom is 0.224 e. The average Bonchev–Trinajstić information content (AvgIpc) is 2.72. The van der Waals surface area contributed by atoms with Gasteiger partial charge in [0.2, 0.25) is 11.7 Å². The number of aromatic nitrogens is 1. The molecule has 0 fully saturated rings. The summed E-state index contributed by atoms with van der Waals surface area (Å²) in [4.78, 5) is 29.3. The maximum atomic E-state index is 13.1. The molecule has 1 heterocycles. The predicted molar refractivity (Wildman–Crippen MR) is 108 cm³/mol. The van der Waals surface area contributed by atoms with E-state index in [2.05, 4.69) is 10.3 Å². The van der Waals surface area contributed by atoms with Gasteiger partial charge in [-0.1, -0.05) is 19.1 Å². The van der Waals surface area contributed by atoms with Crippen LogP contribution in [0.1, 0.15) is 35.8 Å². The summed E-state index contributed by atoms with van der Waals surface area (Å²) in [6.45, 7) is 1.94. The van der Waals surface area contributed by atoms with Gasteiger partial charge in [0.25, 0.3) is 0 Å². The number of amides is 1. The molecule has 0 saturated carbocycles. The van der Waals surface area contributed by atoms with Gasteiger partial charge >= 0.3 is 0 Å². The number of methoxy groups -OCH3 is 2. The fourth-order valence-electron chi connectivity index (χ4n) is 3.01. The van der Waals surface area contributed by atoms with E-state index in [1.807, 2.05) is 19.1 Å². The highest BCUT2D eigenvalue weighted by Crippen LogP contribution is 2.33. The summed E-state index contributed by atoms with van der Waals surface area (Å²) in [5.74, 6) is 0.800. The second-order valence-electron chi connectivity index (χ2n) is 6.30. The number of carbonyl (C=O) groups excluding carboxylic acids is 2. The zero-order valence-electron chi connectivity index (χ0n) is 16.1. The van der Waals surface area contributed by atoms with Crippen LogP contribution in [0.25, 0.3) is 10.8 Å². The van der Waals surface area contributed by atoms with Crippen LogP contribution in [-0.4, -0.2) is 30.9 Å². The van der Waals surface area contributed by atoms with Crippen molar-refractivity contribution >= 4 is 28.2 Å². The van der Waals surface area contributed by atoms with E-state index in [-0.39, 0.29) is 11.7 Å². The molecular formula is C22H22N2O4. The minimum Gasteiger partial charge on any atom is -0.493 e. The number of carbonyl (C=O) groups is 2.